The number of nitrogens with one attached hydrogen (secondary N) is 2. The smallest absolute Gasteiger partial charge is 0.224 e. The highest BCUT2D eigenvalue weighted by Gasteiger charge is 2.25. The average Bonchev–Trinajstić information content (AvgIpc) is 2.57. The van der Waals surface area contributed by atoms with Crippen molar-refractivity contribution in [3.63, 3.8) is 0 Å². The Bertz CT molecular complexity index is 907. The normalized spacial score (nSPS) is 16.5. The summed E-state index contributed by atoms with van der Waals surface area (Å²) < 4.78 is 14.8. The van der Waals surface area contributed by atoms with Crippen molar-refractivity contribution in [2.45, 2.75) is 19.1 Å². The van der Waals surface area contributed by atoms with Gasteiger partial charge < -0.3 is 22.1 Å². The lowest BCUT2D eigenvalue weighted by molar-refractivity contribution is 0.608. The molecule has 1 aromatic heterocycles. The fourth-order valence-electron chi connectivity index (χ4n) is 2.44. The molecule has 2 heterocycles. The second-order valence-electron chi connectivity index (χ2n) is 5.42. The van der Waals surface area contributed by atoms with Gasteiger partial charge in [0.15, 0.2) is 5.82 Å². The van der Waals surface area contributed by atoms with Crippen LogP contribution in [0.25, 0.3) is 0 Å². The fourth-order valence-corrected chi connectivity index (χ4v) is 2.87. The molecule has 0 amide bonds. The van der Waals surface area contributed by atoms with Crippen molar-refractivity contribution in [3.05, 3.63) is 33.5 Å². The molecule has 1 aliphatic heterocycles. The number of hydrogen-bond donors (Lipinski definition) is 4. The predicted octanol–water partition coefficient (Wildman–Crippen LogP) is 2.09. The van der Waals surface area contributed by atoms with Crippen LogP contribution in [0.5, 0.6) is 0 Å². The Hall–Kier alpha value is -2.93. The van der Waals surface area contributed by atoms with Crippen LogP contribution in [0.3, 0.4) is 0 Å². The summed E-state index contributed by atoms with van der Waals surface area (Å²) in [6, 6.07) is 4.58. The molecule has 2 aromatic rings. The highest BCUT2D eigenvalue weighted by atomic mass is 79.9. The van der Waals surface area contributed by atoms with E-state index in [-0.39, 0.29) is 35.0 Å². The van der Waals surface area contributed by atoms with Gasteiger partial charge in [0.1, 0.15) is 29.4 Å². The third-order valence-corrected chi connectivity index (χ3v) is 4.39. The van der Waals surface area contributed by atoms with Gasteiger partial charge in [-0.25, -0.2) is 4.39 Å². The Morgan fingerprint density at radius 2 is 2.16 bits per heavy atom. The maximum absolute atomic E-state index is 14.1. The van der Waals surface area contributed by atoms with Crippen LogP contribution < -0.4 is 22.1 Å². The first kappa shape index (κ1) is 16.9. The zero-order valence-corrected chi connectivity index (χ0v) is 14.7. The number of nitriles is 1. The minimum absolute atomic E-state index is 0.00914. The number of nitrogens with zero attached hydrogens (tertiary/aromatic N) is 4. The molecule has 3 rings (SSSR count). The highest BCUT2D eigenvalue weighted by Crippen LogP contribution is 2.30. The minimum atomic E-state index is -0.486. The van der Waals surface area contributed by atoms with Gasteiger partial charge in [0.05, 0.1) is 11.7 Å². The van der Waals surface area contributed by atoms with Crippen molar-refractivity contribution in [1.82, 2.24) is 9.97 Å². The number of nitrogens with two attached hydrogens (primary N) is 2. The number of benzene rings is 1. The Morgan fingerprint density at radius 1 is 1.40 bits per heavy atom. The SMILES string of the molecule is C[C@H](Nc1nc(N)nc(N)c1C#N)C1N=Cc2c(Br)ccc(F)c2N1. The number of halogens is 2. The molecular weight excluding hydrogens is 391 g/mol. The van der Waals surface area contributed by atoms with Crippen LogP contribution in [-0.2, 0) is 0 Å². The molecule has 6 N–H and O–H groups in total. The summed E-state index contributed by atoms with van der Waals surface area (Å²) in [6.07, 6.45) is 1.11. The highest BCUT2D eigenvalue weighted by molar-refractivity contribution is 9.10. The molecule has 1 aliphatic rings. The van der Waals surface area contributed by atoms with Crippen molar-refractivity contribution in [1.29, 1.82) is 5.26 Å². The molecule has 0 bridgehead atoms. The largest absolute Gasteiger partial charge is 0.382 e. The van der Waals surface area contributed by atoms with Gasteiger partial charge in [-0.2, -0.15) is 15.2 Å². The van der Waals surface area contributed by atoms with Gasteiger partial charge in [-0.05, 0) is 19.1 Å². The molecule has 1 unspecified atom stereocenters. The van der Waals surface area contributed by atoms with Crippen molar-refractivity contribution in [2.24, 2.45) is 4.99 Å². The lowest BCUT2D eigenvalue weighted by atomic mass is 10.1. The zero-order valence-electron chi connectivity index (χ0n) is 13.1. The van der Waals surface area contributed by atoms with Crippen LogP contribution >= 0.6 is 15.9 Å². The predicted molar refractivity (Wildman–Crippen MR) is 97.8 cm³/mol. The van der Waals surface area contributed by atoms with E-state index < -0.39 is 6.17 Å². The van der Waals surface area contributed by atoms with Crippen molar-refractivity contribution in [3.8, 4) is 6.07 Å². The Balaban J connectivity index is 1.86. The van der Waals surface area contributed by atoms with Crippen molar-refractivity contribution >= 4 is 45.4 Å². The van der Waals surface area contributed by atoms with Gasteiger partial charge in [-0.1, -0.05) is 15.9 Å². The van der Waals surface area contributed by atoms with E-state index in [4.69, 9.17) is 11.5 Å². The zero-order chi connectivity index (χ0) is 18.1. The molecular formula is C15H14BrFN8. The molecule has 0 saturated heterocycles. The molecule has 0 radical (unpaired) electrons. The standard InChI is InChI=1S/C15H14BrFN8/c1-6(22-14-7(4-18)12(19)24-15(20)25-14)13-21-5-8-9(16)2-3-10(17)11(8)23-13/h2-3,5-6,13,23H,1H3,(H5,19,20,22,24,25)/t6-,13?/m0/s1. The van der Waals surface area contributed by atoms with E-state index in [2.05, 4.69) is 41.5 Å². The maximum Gasteiger partial charge on any atom is 0.224 e. The summed E-state index contributed by atoms with van der Waals surface area (Å²) >= 11 is 3.37. The summed E-state index contributed by atoms with van der Waals surface area (Å²) in [5, 5.41) is 15.3. The fraction of sp³-hybridized carbons (Fsp3) is 0.200. The van der Waals surface area contributed by atoms with Crippen LogP contribution in [-0.4, -0.2) is 28.4 Å². The number of aromatic nitrogens is 2. The quantitative estimate of drug-likeness (QED) is 0.613. The lowest BCUT2D eigenvalue weighted by Gasteiger charge is -2.28. The van der Waals surface area contributed by atoms with Gasteiger partial charge in [-0.15, -0.1) is 0 Å². The first-order valence-corrected chi connectivity index (χ1v) is 8.07. The van der Waals surface area contributed by atoms with E-state index >= 15 is 0 Å². The van der Waals surface area contributed by atoms with Crippen LogP contribution in [0.15, 0.2) is 21.6 Å². The third kappa shape index (κ3) is 3.18. The number of aliphatic imine (C=N–C) groups is 1. The molecule has 0 spiro atoms. The summed E-state index contributed by atoms with van der Waals surface area (Å²) in [7, 11) is 0. The Kier molecular flexibility index (Phi) is 4.41. The van der Waals surface area contributed by atoms with E-state index in [0.29, 0.717) is 11.3 Å². The van der Waals surface area contributed by atoms with Crippen LogP contribution in [0.1, 0.15) is 18.1 Å². The number of anilines is 4. The van der Waals surface area contributed by atoms with Gasteiger partial charge in [-0.3, -0.25) is 4.99 Å². The average molecular weight is 405 g/mol. The van der Waals surface area contributed by atoms with Gasteiger partial charge in [0.2, 0.25) is 5.95 Å². The second-order valence-corrected chi connectivity index (χ2v) is 6.28. The molecule has 0 saturated carbocycles. The number of fused-ring (bicyclic) bond motifs is 1. The van der Waals surface area contributed by atoms with E-state index in [1.54, 1.807) is 12.3 Å². The van der Waals surface area contributed by atoms with E-state index in [1.807, 2.05) is 13.0 Å². The van der Waals surface area contributed by atoms with Crippen molar-refractivity contribution < 1.29 is 4.39 Å². The minimum Gasteiger partial charge on any atom is -0.382 e. The maximum atomic E-state index is 14.1. The molecule has 1 aromatic carbocycles. The summed E-state index contributed by atoms with van der Waals surface area (Å²) in [6.45, 7) is 1.81. The lowest BCUT2D eigenvalue weighted by Crippen LogP contribution is -2.38. The van der Waals surface area contributed by atoms with Gasteiger partial charge >= 0.3 is 0 Å². The van der Waals surface area contributed by atoms with Gasteiger partial charge in [0.25, 0.3) is 0 Å². The summed E-state index contributed by atoms with van der Waals surface area (Å²) in [5.74, 6) is -0.232. The molecule has 8 nitrogen and oxygen atoms in total. The Labute approximate surface area is 151 Å². The van der Waals surface area contributed by atoms with Crippen molar-refractivity contribution in [2.75, 3.05) is 22.1 Å². The first-order valence-electron chi connectivity index (χ1n) is 7.28. The van der Waals surface area contributed by atoms with Crippen LogP contribution in [0, 0.1) is 17.1 Å². The molecule has 0 fully saturated rings. The number of rotatable bonds is 3. The first-order chi connectivity index (χ1) is 11.9. The van der Waals surface area contributed by atoms with E-state index in [9.17, 15) is 9.65 Å². The molecule has 10 heteroatoms. The molecule has 0 aliphatic carbocycles. The van der Waals surface area contributed by atoms with E-state index in [0.717, 1.165) is 4.47 Å². The summed E-state index contributed by atoms with van der Waals surface area (Å²) in [5.41, 5.74) is 12.4. The number of hydrogen-bond acceptors (Lipinski definition) is 8. The Morgan fingerprint density at radius 3 is 2.88 bits per heavy atom. The van der Waals surface area contributed by atoms with E-state index in [1.165, 1.54) is 6.07 Å². The summed E-state index contributed by atoms with van der Waals surface area (Å²) in [4.78, 5) is 12.2. The third-order valence-electron chi connectivity index (χ3n) is 3.70. The molecule has 2 atom stereocenters. The van der Waals surface area contributed by atoms with Crippen LogP contribution in [0.4, 0.5) is 27.7 Å². The number of nitrogen functional groups attached to an aromatic ring is 2. The second kappa shape index (κ2) is 6.52. The van der Waals surface area contributed by atoms with Gasteiger partial charge in [0, 0.05) is 16.3 Å². The monoisotopic (exact) mass is 404 g/mol. The van der Waals surface area contributed by atoms with Crippen LogP contribution in [0.2, 0.25) is 0 Å². The topological polar surface area (TPSA) is 138 Å². The molecule has 128 valence electrons. The molecule has 25 heavy (non-hydrogen) atoms.